The maximum absolute atomic E-state index is 11.7. The molecule has 3 rings (SSSR count). The van der Waals surface area contributed by atoms with Crippen molar-refractivity contribution in [3.63, 3.8) is 0 Å². The van der Waals surface area contributed by atoms with E-state index < -0.39 is 105 Å². The van der Waals surface area contributed by atoms with Crippen molar-refractivity contribution < 1.29 is 73.3 Å². The molecule has 7 unspecified atom stereocenters. The van der Waals surface area contributed by atoms with E-state index in [4.69, 9.17) is 42.6 Å². The van der Waals surface area contributed by atoms with Crippen LogP contribution in [0.5, 0.6) is 0 Å². The van der Waals surface area contributed by atoms with Crippen molar-refractivity contribution in [1.29, 1.82) is 0 Å². The number of aliphatic hydroxyl groups excluding tert-OH is 6. The summed E-state index contributed by atoms with van der Waals surface area (Å²) in [5.74, 6) is 0. The van der Waals surface area contributed by atoms with E-state index in [1.807, 2.05) is 13.8 Å². The summed E-state index contributed by atoms with van der Waals surface area (Å²) in [7, 11) is 0. The van der Waals surface area contributed by atoms with Crippen molar-refractivity contribution in [2.75, 3.05) is 39.6 Å². The third-order valence-corrected chi connectivity index (χ3v) is 9.16. The lowest BCUT2D eigenvalue weighted by Gasteiger charge is -2.50. The Balaban J connectivity index is 1.98. The van der Waals surface area contributed by atoms with Gasteiger partial charge >= 0.3 is 0 Å². The SMILES string of the molecule is CCCCOC1[C@H](OCCCC)C(C)O[C@@H](OC2C(O)[C@H](OCCCC)OC(CO)[C@H]2O[C@@H]2O[C@@H](CO)[C@H](O)C(O)C2O)[C@H]1OCCCC. The molecule has 3 saturated heterocycles. The molecule has 0 bridgehead atoms. The molecule has 15 atom stereocenters. The monoisotopic (exact) mass is 712 g/mol. The van der Waals surface area contributed by atoms with Crippen LogP contribution in [0.4, 0.5) is 0 Å². The first-order chi connectivity index (χ1) is 23.7. The second-order valence-electron chi connectivity index (χ2n) is 13.1. The number of aliphatic hydroxyl groups is 6. The van der Waals surface area contributed by atoms with Gasteiger partial charge in [0.15, 0.2) is 18.9 Å². The lowest BCUT2D eigenvalue weighted by Crippen LogP contribution is -2.67. The van der Waals surface area contributed by atoms with Crippen LogP contribution in [0.1, 0.15) is 86.0 Å². The zero-order chi connectivity index (χ0) is 35.9. The first-order valence-electron chi connectivity index (χ1n) is 18.3. The van der Waals surface area contributed by atoms with Crippen molar-refractivity contribution in [2.45, 2.75) is 178 Å². The van der Waals surface area contributed by atoms with Crippen LogP contribution in [0, 0.1) is 0 Å². The zero-order valence-electron chi connectivity index (χ0n) is 29.9. The summed E-state index contributed by atoms with van der Waals surface area (Å²) in [6.07, 6.45) is -11.1. The van der Waals surface area contributed by atoms with Gasteiger partial charge in [0, 0.05) is 26.4 Å². The molecule has 3 aliphatic rings. The van der Waals surface area contributed by atoms with Gasteiger partial charge in [-0.05, 0) is 32.6 Å². The lowest BCUT2D eigenvalue weighted by molar-refractivity contribution is -0.389. The summed E-state index contributed by atoms with van der Waals surface area (Å²) in [6.45, 7) is 10.4. The van der Waals surface area contributed by atoms with Gasteiger partial charge in [0.2, 0.25) is 0 Å². The van der Waals surface area contributed by atoms with Gasteiger partial charge in [-0.3, -0.25) is 0 Å². The van der Waals surface area contributed by atoms with E-state index in [0.717, 1.165) is 44.9 Å². The predicted molar refractivity (Wildman–Crippen MR) is 174 cm³/mol. The highest BCUT2D eigenvalue weighted by Gasteiger charge is 2.55. The smallest absolute Gasteiger partial charge is 0.187 e. The summed E-state index contributed by atoms with van der Waals surface area (Å²) in [5, 5.41) is 63.4. The minimum atomic E-state index is -1.75. The quantitative estimate of drug-likeness (QED) is 0.0858. The highest BCUT2D eigenvalue weighted by atomic mass is 16.8. The number of ether oxygens (including phenoxy) is 9. The third-order valence-electron chi connectivity index (χ3n) is 9.16. The van der Waals surface area contributed by atoms with E-state index in [2.05, 4.69) is 20.8 Å². The summed E-state index contributed by atoms with van der Waals surface area (Å²) >= 11 is 0. The number of rotatable bonds is 22. The first-order valence-corrected chi connectivity index (χ1v) is 18.3. The molecule has 15 heteroatoms. The van der Waals surface area contributed by atoms with Gasteiger partial charge in [-0.1, -0.05) is 53.4 Å². The molecule has 6 N–H and O–H groups in total. The Hall–Kier alpha value is -0.600. The van der Waals surface area contributed by atoms with Crippen LogP contribution in [0.3, 0.4) is 0 Å². The average Bonchev–Trinajstić information content (AvgIpc) is 3.09. The summed E-state index contributed by atoms with van der Waals surface area (Å²) < 4.78 is 55.8. The van der Waals surface area contributed by atoms with Gasteiger partial charge in [0.25, 0.3) is 0 Å². The molecule has 0 aromatic rings. The van der Waals surface area contributed by atoms with Crippen molar-refractivity contribution >= 4 is 0 Å². The second-order valence-corrected chi connectivity index (χ2v) is 13.1. The van der Waals surface area contributed by atoms with Crippen molar-refractivity contribution in [2.24, 2.45) is 0 Å². The fourth-order valence-corrected chi connectivity index (χ4v) is 6.10. The van der Waals surface area contributed by atoms with E-state index in [9.17, 15) is 30.6 Å². The van der Waals surface area contributed by atoms with Gasteiger partial charge in [-0.15, -0.1) is 0 Å². The Kier molecular flexibility index (Phi) is 19.6. The van der Waals surface area contributed by atoms with Crippen LogP contribution >= 0.6 is 0 Å². The lowest BCUT2D eigenvalue weighted by atomic mass is 9.95. The fraction of sp³-hybridized carbons (Fsp3) is 1.00. The van der Waals surface area contributed by atoms with E-state index in [-0.39, 0.29) is 6.61 Å². The van der Waals surface area contributed by atoms with Gasteiger partial charge in [0.1, 0.15) is 67.1 Å². The zero-order valence-corrected chi connectivity index (χ0v) is 29.9. The van der Waals surface area contributed by atoms with E-state index in [1.54, 1.807) is 0 Å². The molecule has 290 valence electrons. The fourth-order valence-electron chi connectivity index (χ4n) is 6.10. The molecule has 0 aliphatic carbocycles. The average molecular weight is 713 g/mol. The molecule has 0 aromatic carbocycles. The van der Waals surface area contributed by atoms with Crippen LogP contribution < -0.4 is 0 Å². The van der Waals surface area contributed by atoms with Crippen LogP contribution in [0.2, 0.25) is 0 Å². The molecule has 49 heavy (non-hydrogen) atoms. The standard InChI is InChI=1S/C34H64O15/c1-6-10-14-41-27-20(5)45-34(31(43-16-12-8-3)30(27)42-15-11-7-2)49-29-26(40)32(44-17-13-9-4)47-22(19-36)28(29)48-33-25(39)24(38)23(37)21(18-35)46-33/h20-40H,6-19H2,1-5H3/t20?,21-,22?,23-,24?,25?,26?,27+,28+,29?,30?,31-,32+,33-,34-/m0/s1. The van der Waals surface area contributed by atoms with Gasteiger partial charge in [-0.2, -0.15) is 0 Å². The van der Waals surface area contributed by atoms with Crippen molar-refractivity contribution in [1.82, 2.24) is 0 Å². The Morgan fingerprint density at radius 2 is 0.939 bits per heavy atom. The number of unbranched alkanes of at least 4 members (excludes halogenated alkanes) is 4. The van der Waals surface area contributed by atoms with Crippen LogP contribution in [0.15, 0.2) is 0 Å². The van der Waals surface area contributed by atoms with Crippen LogP contribution in [0.25, 0.3) is 0 Å². The Morgan fingerprint density at radius 3 is 1.49 bits per heavy atom. The number of hydrogen-bond acceptors (Lipinski definition) is 15. The highest BCUT2D eigenvalue weighted by Crippen LogP contribution is 2.35. The van der Waals surface area contributed by atoms with Gasteiger partial charge < -0.3 is 73.3 Å². The topological polar surface area (TPSA) is 204 Å². The van der Waals surface area contributed by atoms with E-state index in [1.165, 1.54) is 0 Å². The van der Waals surface area contributed by atoms with Gasteiger partial charge in [-0.25, -0.2) is 0 Å². The largest absolute Gasteiger partial charge is 0.394 e. The Bertz CT molecular complexity index is 869. The number of hydrogen-bond donors (Lipinski definition) is 6. The van der Waals surface area contributed by atoms with E-state index >= 15 is 0 Å². The summed E-state index contributed by atoms with van der Waals surface area (Å²) in [5.41, 5.74) is 0. The Morgan fingerprint density at radius 1 is 0.449 bits per heavy atom. The van der Waals surface area contributed by atoms with Crippen molar-refractivity contribution in [3.8, 4) is 0 Å². The van der Waals surface area contributed by atoms with Gasteiger partial charge in [0.05, 0.1) is 19.3 Å². The van der Waals surface area contributed by atoms with Crippen molar-refractivity contribution in [3.05, 3.63) is 0 Å². The molecule has 3 aliphatic heterocycles. The molecular formula is C34H64O15. The van der Waals surface area contributed by atoms with E-state index in [0.29, 0.717) is 26.2 Å². The Labute approximate surface area is 291 Å². The molecule has 0 spiro atoms. The summed E-state index contributed by atoms with van der Waals surface area (Å²) in [4.78, 5) is 0. The normalized spacial score (nSPS) is 40.1. The molecule has 0 amide bonds. The second kappa shape index (κ2) is 22.5. The molecular weight excluding hydrogens is 648 g/mol. The molecule has 3 fully saturated rings. The predicted octanol–water partition coefficient (Wildman–Crippen LogP) is 0.752. The van der Waals surface area contributed by atoms with Crippen LogP contribution in [-0.4, -0.2) is 162 Å². The summed E-state index contributed by atoms with van der Waals surface area (Å²) in [6, 6.07) is 0. The molecule has 0 aromatic heterocycles. The minimum absolute atomic E-state index is 0.269. The minimum Gasteiger partial charge on any atom is -0.394 e. The molecule has 0 saturated carbocycles. The highest BCUT2D eigenvalue weighted by molar-refractivity contribution is 4.97. The first kappa shape index (κ1) is 42.8. The van der Waals surface area contributed by atoms with Crippen LogP contribution in [-0.2, 0) is 42.6 Å². The molecule has 3 heterocycles. The molecule has 0 radical (unpaired) electrons. The molecule has 15 nitrogen and oxygen atoms in total. The maximum atomic E-state index is 11.7. The maximum Gasteiger partial charge on any atom is 0.187 e. The third kappa shape index (κ3) is 11.7.